The minimum Gasteiger partial charge on any atom is -0.313 e. The Bertz CT molecular complexity index is 310. The second-order valence-corrected chi connectivity index (χ2v) is 6.75. The van der Waals surface area contributed by atoms with E-state index >= 15 is 0 Å². The van der Waals surface area contributed by atoms with Gasteiger partial charge in [-0.15, -0.1) is 11.3 Å². The number of nitrogens with zero attached hydrogens (tertiary/aromatic N) is 1. The average Bonchev–Trinajstić information content (AvgIpc) is 2.70. The molecule has 0 spiro atoms. The Morgan fingerprint density at radius 2 is 2.12 bits per heavy atom. The molecule has 0 unspecified atom stereocenters. The van der Waals surface area contributed by atoms with Crippen molar-refractivity contribution in [3.05, 3.63) is 20.8 Å². The molecule has 0 saturated heterocycles. The summed E-state index contributed by atoms with van der Waals surface area (Å²) >= 11 is 5.26. The molecule has 0 aliphatic carbocycles. The summed E-state index contributed by atoms with van der Waals surface area (Å²) in [5, 5.41) is 5.81. The SMILES string of the molecule is CCC(CC)NCCN(C)Cc1csc(Br)c1. The van der Waals surface area contributed by atoms with E-state index in [9.17, 15) is 0 Å². The van der Waals surface area contributed by atoms with Gasteiger partial charge in [0.15, 0.2) is 0 Å². The molecular formula is C13H23BrN2S. The van der Waals surface area contributed by atoms with Gasteiger partial charge in [0.1, 0.15) is 0 Å². The van der Waals surface area contributed by atoms with E-state index < -0.39 is 0 Å². The van der Waals surface area contributed by atoms with Crippen LogP contribution in [0.3, 0.4) is 0 Å². The van der Waals surface area contributed by atoms with Crippen molar-refractivity contribution in [3.63, 3.8) is 0 Å². The van der Waals surface area contributed by atoms with Crippen LogP contribution in [0.1, 0.15) is 32.3 Å². The molecule has 0 fully saturated rings. The van der Waals surface area contributed by atoms with E-state index in [-0.39, 0.29) is 0 Å². The van der Waals surface area contributed by atoms with Crippen molar-refractivity contribution in [2.75, 3.05) is 20.1 Å². The number of rotatable bonds is 8. The summed E-state index contributed by atoms with van der Waals surface area (Å²) in [7, 11) is 2.18. The summed E-state index contributed by atoms with van der Waals surface area (Å²) in [5.74, 6) is 0. The third kappa shape index (κ3) is 6.00. The summed E-state index contributed by atoms with van der Waals surface area (Å²) < 4.78 is 1.22. The van der Waals surface area contributed by atoms with Gasteiger partial charge in [0, 0.05) is 25.7 Å². The molecule has 0 amide bonds. The van der Waals surface area contributed by atoms with E-state index in [1.807, 2.05) is 0 Å². The maximum Gasteiger partial charge on any atom is 0.0701 e. The van der Waals surface area contributed by atoms with E-state index in [1.165, 1.54) is 22.2 Å². The minimum absolute atomic E-state index is 0.679. The summed E-state index contributed by atoms with van der Waals surface area (Å²) in [6.07, 6.45) is 2.44. The van der Waals surface area contributed by atoms with Gasteiger partial charge >= 0.3 is 0 Å². The molecule has 1 rings (SSSR count). The van der Waals surface area contributed by atoms with E-state index in [1.54, 1.807) is 11.3 Å². The fourth-order valence-electron chi connectivity index (χ4n) is 1.86. The van der Waals surface area contributed by atoms with Crippen LogP contribution in [0.15, 0.2) is 15.2 Å². The molecule has 0 aromatic carbocycles. The van der Waals surface area contributed by atoms with Gasteiger partial charge in [-0.25, -0.2) is 0 Å². The molecule has 1 aromatic heterocycles. The monoisotopic (exact) mass is 318 g/mol. The van der Waals surface area contributed by atoms with E-state index in [0.717, 1.165) is 19.6 Å². The number of hydrogen-bond acceptors (Lipinski definition) is 3. The Morgan fingerprint density at radius 3 is 2.65 bits per heavy atom. The highest BCUT2D eigenvalue weighted by Gasteiger charge is 2.04. The van der Waals surface area contributed by atoms with Crippen molar-refractivity contribution >= 4 is 27.3 Å². The van der Waals surface area contributed by atoms with Crippen LogP contribution in [0.5, 0.6) is 0 Å². The van der Waals surface area contributed by atoms with Gasteiger partial charge in [0.2, 0.25) is 0 Å². The fraction of sp³-hybridized carbons (Fsp3) is 0.692. The number of halogens is 1. The predicted octanol–water partition coefficient (Wildman–Crippen LogP) is 3.72. The third-order valence-electron chi connectivity index (χ3n) is 2.99. The second-order valence-electron chi connectivity index (χ2n) is 4.46. The van der Waals surface area contributed by atoms with Gasteiger partial charge < -0.3 is 10.2 Å². The van der Waals surface area contributed by atoms with Crippen molar-refractivity contribution in [2.24, 2.45) is 0 Å². The van der Waals surface area contributed by atoms with E-state index in [4.69, 9.17) is 0 Å². The quantitative estimate of drug-likeness (QED) is 0.785. The molecule has 0 saturated carbocycles. The lowest BCUT2D eigenvalue weighted by molar-refractivity contribution is 0.314. The first kappa shape index (κ1) is 15.2. The normalized spacial score (nSPS) is 11.6. The number of thiophene rings is 1. The van der Waals surface area contributed by atoms with Gasteiger partial charge in [-0.1, -0.05) is 13.8 Å². The van der Waals surface area contributed by atoms with Crippen molar-refractivity contribution in [3.8, 4) is 0 Å². The zero-order valence-corrected chi connectivity index (χ0v) is 13.4. The Hall–Kier alpha value is 0.100. The average molecular weight is 319 g/mol. The molecule has 1 heterocycles. The topological polar surface area (TPSA) is 15.3 Å². The Balaban J connectivity index is 2.19. The Labute approximate surface area is 118 Å². The summed E-state index contributed by atoms with van der Waals surface area (Å²) in [6, 6.07) is 2.88. The minimum atomic E-state index is 0.679. The van der Waals surface area contributed by atoms with Crippen LogP contribution >= 0.6 is 27.3 Å². The van der Waals surface area contributed by atoms with Gasteiger partial charge in [0.25, 0.3) is 0 Å². The van der Waals surface area contributed by atoms with E-state index in [2.05, 4.69) is 58.5 Å². The first-order valence-electron chi connectivity index (χ1n) is 6.30. The van der Waals surface area contributed by atoms with Crippen molar-refractivity contribution in [1.82, 2.24) is 10.2 Å². The van der Waals surface area contributed by atoms with E-state index in [0.29, 0.717) is 6.04 Å². The number of nitrogens with one attached hydrogen (secondary N) is 1. The van der Waals surface area contributed by atoms with Crippen molar-refractivity contribution in [2.45, 2.75) is 39.3 Å². The van der Waals surface area contributed by atoms with Crippen LogP contribution in [0, 0.1) is 0 Å². The maximum atomic E-state index is 3.59. The molecule has 0 aliphatic rings. The van der Waals surface area contributed by atoms with Gasteiger partial charge in [-0.3, -0.25) is 0 Å². The molecule has 98 valence electrons. The Morgan fingerprint density at radius 1 is 1.41 bits per heavy atom. The third-order valence-corrected chi connectivity index (χ3v) is 4.54. The van der Waals surface area contributed by atoms with Crippen LogP contribution in [-0.2, 0) is 6.54 Å². The zero-order chi connectivity index (χ0) is 12.7. The molecule has 0 aliphatic heterocycles. The maximum absolute atomic E-state index is 3.59. The van der Waals surface area contributed by atoms with Gasteiger partial charge in [0.05, 0.1) is 3.79 Å². The highest BCUT2D eigenvalue weighted by molar-refractivity contribution is 9.11. The smallest absolute Gasteiger partial charge is 0.0701 e. The first-order valence-corrected chi connectivity index (χ1v) is 7.97. The highest BCUT2D eigenvalue weighted by atomic mass is 79.9. The van der Waals surface area contributed by atoms with Crippen LogP contribution < -0.4 is 5.32 Å². The molecule has 0 radical (unpaired) electrons. The lowest BCUT2D eigenvalue weighted by atomic mass is 10.2. The van der Waals surface area contributed by atoms with Crippen LogP contribution in [0.2, 0.25) is 0 Å². The van der Waals surface area contributed by atoms with Gasteiger partial charge in [-0.05, 0) is 52.8 Å². The molecule has 17 heavy (non-hydrogen) atoms. The summed E-state index contributed by atoms with van der Waals surface area (Å²) in [6.45, 7) is 7.70. The molecule has 1 N–H and O–H groups in total. The molecule has 0 bridgehead atoms. The summed E-state index contributed by atoms with van der Waals surface area (Å²) in [5.41, 5.74) is 1.40. The molecule has 0 atom stereocenters. The largest absolute Gasteiger partial charge is 0.313 e. The van der Waals surface area contributed by atoms with Gasteiger partial charge in [-0.2, -0.15) is 0 Å². The van der Waals surface area contributed by atoms with Crippen molar-refractivity contribution in [1.29, 1.82) is 0 Å². The number of likely N-dealkylation sites (N-methyl/N-ethyl adjacent to an activating group) is 1. The fourth-order valence-corrected chi connectivity index (χ4v) is 3.06. The van der Waals surface area contributed by atoms with Crippen LogP contribution in [0.4, 0.5) is 0 Å². The molecular weight excluding hydrogens is 296 g/mol. The molecule has 1 aromatic rings. The molecule has 2 nitrogen and oxygen atoms in total. The van der Waals surface area contributed by atoms with Crippen LogP contribution in [0.25, 0.3) is 0 Å². The predicted molar refractivity (Wildman–Crippen MR) is 80.7 cm³/mol. The van der Waals surface area contributed by atoms with Crippen LogP contribution in [-0.4, -0.2) is 31.1 Å². The zero-order valence-electron chi connectivity index (χ0n) is 11.0. The highest BCUT2D eigenvalue weighted by Crippen LogP contribution is 2.21. The second kappa shape index (κ2) is 8.25. The standard InChI is InChI=1S/C13H23BrN2S/c1-4-12(5-2)15-6-7-16(3)9-11-8-13(14)17-10-11/h8,10,12,15H,4-7,9H2,1-3H3. The lowest BCUT2D eigenvalue weighted by Gasteiger charge is -2.19. The first-order chi connectivity index (χ1) is 8.15. The molecule has 4 heteroatoms. The lowest BCUT2D eigenvalue weighted by Crippen LogP contribution is -2.34. The number of hydrogen-bond donors (Lipinski definition) is 1. The summed E-state index contributed by atoms with van der Waals surface area (Å²) in [4.78, 5) is 2.36. The Kier molecular flexibility index (Phi) is 7.35. The van der Waals surface area contributed by atoms with Crippen molar-refractivity contribution < 1.29 is 0 Å².